The van der Waals surface area contributed by atoms with Crippen LogP contribution in [0, 0.1) is 5.41 Å². The molecule has 0 spiro atoms. The predicted octanol–water partition coefficient (Wildman–Crippen LogP) is 2.48. The number of aliphatic hydroxyl groups is 1. The molecule has 0 aliphatic carbocycles. The summed E-state index contributed by atoms with van der Waals surface area (Å²) in [5, 5.41) is 9.10. The zero-order valence-corrected chi connectivity index (χ0v) is 10.6. The Bertz CT molecular complexity index is 288. The largest absolute Gasteiger partial charge is 0.453 e. The zero-order chi connectivity index (χ0) is 10.1. The van der Waals surface area contributed by atoms with Crippen molar-refractivity contribution in [2.45, 2.75) is 19.9 Å². The average Bonchev–Trinajstić information content (AvgIpc) is 2.50. The van der Waals surface area contributed by atoms with E-state index in [2.05, 4.69) is 15.9 Å². The number of nitrogens with two attached hydrogens (primary N) is 1. The third kappa shape index (κ3) is 2.98. The van der Waals surface area contributed by atoms with Crippen molar-refractivity contribution >= 4 is 28.3 Å². The van der Waals surface area contributed by atoms with Crippen LogP contribution < -0.4 is 5.73 Å². The van der Waals surface area contributed by atoms with Gasteiger partial charge in [0, 0.05) is 5.41 Å². The molecule has 1 atom stereocenters. The highest BCUT2D eigenvalue weighted by Crippen LogP contribution is 2.32. The van der Waals surface area contributed by atoms with E-state index in [9.17, 15) is 0 Å². The van der Waals surface area contributed by atoms with Crippen molar-refractivity contribution in [2.75, 3.05) is 6.61 Å². The van der Waals surface area contributed by atoms with Gasteiger partial charge in [-0.15, -0.1) is 12.4 Å². The minimum atomic E-state index is -0.364. The molecule has 0 saturated heterocycles. The summed E-state index contributed by atoms with van der Waals surface area (Å²) in [7, 11) is 0. The molecular weight excluding hydrogens is 269 g/mol. The van der Waals surface area contributed by atoms with Gasteiger partial charge in [0.1, 0.15) is 5.76 Å². The van der Waals surface area contributed by atoms with E-state index in [1.54, 1.807) is 6.07 Å². The van der Waals surface area contributed by atoms with E-state index in [0.29, 0.717) is 10.4 Å². The van der Waals surface area contributed by atoms with E-state index in [-0.39, 0.29) is 30.5 Å². The topological polar surface area (TPSA) is 59.4 Å². The lowest BCUT2D eigenvalue weighted by Gasteiger charge is -2.27. The van der Waals surface area contributed by atoms with Crippen molar-refractivity contribution in [3.63, 3.8) is 0 Å². The molecule has 0 aromatic carbocycles. The second-order valence-corrected chi connectivity index (χ2v) is 4.55. The molecule has 0 aliphatic rings. The van der Waals surface area contributed by atoms with Crippen LogP contribution in [0.5, 0.6) is 0 Å². The molecule has 0 aliphatic heterocycles. The third-order valence-corrected chi connectivity index (χ3v) is 2.58. The van der Waals surface area contributed by atoms with Crippen LogP contribution in [-0.2, 0) is 0 Å². The summed E-state index contributed by atoms with van der Waals surface area (Å²) in [6.07, 6.45) is 0. The van der Waals surface area contributed by atoms with Gasteiger partial charge >= 0.3 is 0 Å². The van der Waals surface area contributed by atoms with E-state index >= 15 is 0 Å². The molecule has 0 fully saturated rings. The van der Waals surface area contributed by atoms with Crippen LogP contribution in [0.4, 0.5) is 0 Å². The summed E-state index contributed by atoms with van der Waals surface area (Å²) in [5.74, 6) is 0.686. The van der Waals surface area contributed by atoms with Crippen LogP contribution in [0.3, 0.4) is 0 Å². The molecule has 0 saturated carbocycles. The lowest BCUT2D eigenvalue weighted by Crippen LogP contribution is -2.32. The lowest BCUT2D eigenvalue weighted by atomic mass is 9.84. The number of rotatable bonds is 3. The summed E-state index contributed by atoms with van der Waals surface area (Å²) < 4.78 is 5.97. The first-order chi connectivity index (χ1) is 5.97. The average molecular weight is 285 g/mol. The summed E-state index contributed by atoms with van der Waals surface area (Å²) >= 11 is 3.20. The Hall–Kier alpha value is -0.0300. The number of hydrogen-bond donors (Lipinski definition) is 2. The molecule has 1 heterocycles. The summed E-state index contributed by atoms with van der Waals surface area (Å²) in [6, 6.07) is 3.32. The standard InChI is InChI=1S/C9H14BrNO2.ClH/c1-9(2,5-12)8(11)6-3-4-7(10)13-6;/h3-4,8,12H,5,11H2,1-2H3;1H/t8-;/m0./s1. The van der Waals surface area contributed by atoms with Gasteiger partial charge in [-0.1, -0.05) is 13.8 Å². The number of hydrogen-bond acceptors (Lipinski definition) is 3. The SMILES string of the molecule is CC(C)(CO)[C@@H](N)c1ccc(Br)o1.Cl. The Morgan fingerprint density at radius 3 is 2.50 bits per heavy atom. The Morgan fingerprint density at radius 2 is 2.14 bits per heavy atom. The summed E-state index contributed by atoms with van der Waals surface area (Å²) in [6.45, 7) is 3.83. The Labute approximate surface area is 98.2 Å². The predicted molar refractivity (Wildman–Crippen MR) is 61.5 cm³/mol. The van der Waals surface area contributed by atoms with Crippen LogP contribution in [0.2, 0.25) is 0 Å². The van der Waals surface area contributed by atoms with Crippen LogP contribution in [0.25, 0.3) is 0 Å². The highest BCUT2D eigenvalue weighted by molar-refractivity contribution is 9.10. The third-order valence-electron chi connectivity index (χ3n) is 2.15. The maximum Gasteiger partial charge on any atom is 0.169 e. The smallest absolute Gasteiger partial charge is 0.169 e. The van der Waals surface area contributed by atoms with Crippen LogP contribution in [-0.4, -0.2) is 11.7 Å². The van der Waals surface area contributed by atoms with Gasteiger partial charge in [0.25, 0.3) is 0 Å². The van der Waals surface area contributed by atoms with Gasteiger partial charge in [-0.3, -0.25) is 0 Å². The molecule has 0 unspecified atom stereocenters. The number of halogens is 2. The minimum absolute atomic E-state index is 0. The maximum absolute atomic E-state index is 9.10. The molecule has 82 valence electrons. The van der Waals surface area contributed by atoms with E-state index in [0.717, 1.165) is 0 Å². The molecule has 14 heavy (non-hydrogen) atoms. The van der Waals surface area contributed by atoms with Gasteiger partial charge in [-0.05, 0) is 28.1 Å². The molecule has 1 aromatic heterocycles. The molecule has 0 bridgehead atoms. The molecule has 0 radical (unpaired) electrons. The number of aliphatic hydroxyl groups excluding tert-OH is 1. The van der Waals surface area contributed by atoms with Crippen molar-refractivity contribution in [2.24, 2.45) is 11.1 Å². The Morgan fingerprint density at radius 1 is 1.57 bits per heavy atom. The second-order valence-electron chi connectivity index (χ2n) is 3.77. The first-order valence-electron chi connectivity index (χ1n) is 4.09. The van der Waals surface area contributed by atoms with Gasteiger partial charge in [0.05, 0.1) is 12.6 Å². The number of furan rings is 1. The normalized spacial score (nSPS) is 13.5. The van der Waals surface area contributed by atoms with Gasteiger partial charge in [0.2, 0.25) is 0 Å². The Kier molecular flexibility index (Phi) is 5.15. The van der Waals surface area contributed by atoms with Crippen LogP contribution >= 0.6 is 28.3 Å². The van der Waals surface area contributed by atoms with Crippen LogP contribution in [0.15, 0.2) is 21.2 Å². The minimum Gasteiger partial charge on any atom is -0.453 e. The van der Waals surface area contributed by atoms with Gasteiger partial charge < -0.3 is 15.3 Å². The molecule has 5 heteroatoms. The maximum atomic E-state index is 9.10. The lowest BCUT2D eigenvalue weighted by molar-refractivity contribution is 0.122. The summed E-state index contributed by atoms with van der Waals surface area (Å²) in [4.78, 5) is 0. The van der Waals surface area contributed by atoms with Crippen molar-refractivity contribution in [3.8, 4) is 0 Å². The van der Waals surface area contributed by atoms with Crippen molar-refractivity contribution < 1.29 is 9.52 Å². The van der Waals surface area contributed by atoms with Gasteiger partial charge in [-0.2, -0.15) is 0 Å². The molecule has 1 rings (SSSR count). The van der Waals surface area contributed by atoms with E-state index in [4.69, 9.17) is 15.3 Å². The fraction of sp³-hybridized carbons (Fsp3) is 0.556. The highest BCUT2D eigenvalue weighted by atomic mass is 79.9. The molecule has 0 amide bonds. The zero-order valence-electron chi connectivity index (χ0n) is 8.16. The molecular formula is C9H15BrClNO2. The Balaban J connectivity index is 0.00000169. The van der Waals surface area contributed by atoms with Crippen molar-refractivity contribution in [1.29, 1.82) is 0 Å². The van der Waals surface area contributed by atoms with Crippen LogP contribution in [0.1, 0.15) is 25.6 Å². The quantitative estimate of drug-likeness (QED) is 0.896. The van der Waals surface area contributed by atoms with E-state index < -0.39 is 0 Å². The van der Waals surface area contributed by atoms with E-state index in [1.165, 1.54) is 0 Å². The molecule has 3 nitrogen and oxygen atoms in total. The van der Waals surface area contributed by atoms with Crippen molar-refractivity contribution in [3.05, 3.63) is 22.6 Å². The monoisotopic (exact) mass is 283 g/mol. The highest BCUT2D eigenvalue weighted by Gasteiger charge is 2.29. The second kappa shape index (κ2) is 5.16. The van der Waals surface area contributed by atoms with E-state index in [1.807, 2.05) is 19.9 Å². The molecule has 3 N–H and O–H groups in total. The first-order valence-corrected chi connectivity index (χ1v) is 4.88. The molecule has 1 aromatic rings. The van der Waals surface area contributed by atoms with Crippen molar-refractivity contribution in [1.82, 2.24) is 0 Å². The first kappa shape index (κ1) is 14.0. The van der Waals surface area contributed by atoms with Gasteiger partial charge in [-0.25, -0.2) is 0 Å². The summed E-state index contributed by atoms with van der Waals surface area (Å²) in [5.41, 5.74) is 5.56. The fourth-order valence-corrected chi connectivity index (χ4v) is 1.30. The van der Waals surface area contributed by atoms with Gasteiger partial charge in [0.15, 0.2) is 4.67 Å². The fourth-order valence-electron chi connectivity index (χ4n) is 0.979.